The van der Waals surface area contributed by atoms with Crippen molar-refractivity contribution in [2.75, 3.05) is 18.0 Å². The molecular formula is C28H31N4O2+. The molecule has 174 valence electrons. The summed E-state index contributed by atoms with van der Waals surface area (Å²) >= 11 is 0. The number of carbonyl (C=O) groups excluding carboxylic acids is 2. The van der Waals surface area contributed by atoms with Crippen LogP contribution in [0.25, 0.3) is 0 Å². The minimum absolute atomic E-state index is 0.245. The summed E-state index contributed by atoms with van der Waals surface area (Å²) in [6, 6.07) is 24.3. The Morgan fingerprint density at radius 3 is 2.35 bits per heavy atom. The summed E-state index contributed by atoms with van der Waals surface area (Å²) in [4.78, 5) is 28.3. The number of benzene rings is 3. The van der Waals surface area contributed by atoms with E-state index in [0.29, 0.717) is 5.56 Å². The van der Waals surface area contributed by atoms with Crippen LogP contribution in [0.4, 0.5) is 5.69 Å². The van der Waals surface area contributed by atoms with E-state index in [1.165, 1.54) is 0 Å². The Morgan fingerprint density at radius 2 is 1.71 bits per heavy atom. The predicted molar refractivity (Wildman–Crippen MR) is 135 cm³/mol. The van der Waals surface area contributed by atoms with E-state index in [9.17, 15) is 9.59 Å². The molecule has 0 aliphatic carbocycles. The summed E-state index contributed by atoms with van der Waals surface area (Å²) < 4.78 is 1.80. The molecule has 3 aromatic carbocycles. The maximum atomic E-state index is 13.0. The van der Waals surface area contributed by atoms with Crippen LogP contribution in [0.5, 0.6) is 0 Å². The average Bonchev–Trinajstić information content (AvgIpc) is 3.15. The molecule has 6 nitrogen and oxygen atoms in total. The molecule has 1 aliphatic rings. The van der Waals surface area contributed by atoms with Crippen LogP contribution in [0.1, 0.15) is 46.9 Å². The number of nitrogens with zero attached hydrogens (tertiary/aromatic N) is 2. The van der Waals surface area contributed by atoms with Crippen LogP contribution in [-0.2, 0) is 4.79 Å². The lowest BCUT2D eigenvalue weighted by Gasteiger charge is -2.20. The Bertz CT molecular complexity index is 1180. The van der Waals surface area contributed by atoms with Gasteiger partial charge in [-0.25, -0.2) is 0 Å². The fourth-order valence-electron chi connectivity index (χ4n) is 4.36. The second kappa shape index (κ2) is 10.3. The molecule has 0 aromatic heterocycles. The van der Waals surface area contributed by atoms with Gasteiger partial charge in [0.1, 0.15) is 0 Å². The zero-order valence-electron chi connectivity index (χ0n) is 19.9. The van der Waals surface area contributed by atoms with Crippen molar-refractivity contribution in [3.05, 3.63) is 101 Å². The van der Waals surface area contributed by atoms with Gasteiger partial charge in [0.2, 0.25) is 12.3 Å². The van der Waals surface area contributed by atoms with Crippen molar-refractivity contribution in [2.45, 2.75) is 32.9 Å². The van der Waals surface area contributed by atoms with E-state index < -0.39 is 6.04 Å². The zero-order chi connectivity index (χ0) is 24.1. The van der Waals surface area contributed by atoms with Crippen LogP contribution in [0, 0.1) is 6.92 Å². The number of nitrogens with one attached hydrogen (secondary N) is 2. The van der Waals surface area contributed by atoms with Gasteiger partial charge in [-0.15, -0.1) is 10.1 Å². The van der Waals surface area contributed by atoms with Crippen molar-refractivity contribution < 1.29 is 14.3 Å². The monoisotopic (exact) mass is 455 g/mol. The Morgan fingerprint density at radius 1 is 1.00 bits per heavy atom. The maximum absolute atomic E-state index is 13.0. The Balaban J connectivity index is 1.65. The molecule has 0 radical (unpaired) electrons. The van der Waals surface area contributed by atoms with Gasteiger partial charge in [0, 0.05) is 35.5 Å². The van der Waals surface area contributed by atoms with E-state index in [2.05, 4.69) is 41.6 Å². The molecule has 2 amide bonds. The van der Waals surface area contributed by atoms with Crippen molar-refractivity contribution in [3.63, 3.8) is 0 Å². The normalized spacial score (nSPS) is 18.6. The topological polar surface area (TPSA) is 64.5 Å². The third kappa shape index (κ3) is 5.01. The first-order valence-electron chi connectivity index (χ1n) is 11.7. The number of rotatable bonds is 7. The summed E-state index contributed by atoms with van der Waals surface area (Å²) in [7, 11) is 0. The van der Waals surface area contributed by atoms with Gasteiger partial charge in [0.15, 0.2) is 6.04 Å². The number of anilines is 1. The predicted octanol–water partition coefficient (Wildman–Crippen LogP) is 3.86. The highest BCUT2D eigenvalue weighted by molar-refractivity contribution is 5.98. The highest BCUT2D eigenvalue weighted by Crippen LogP contribution is 2.25. The molecule has 2 atom stereocenters. The minimum atomic E-state index is -0.735. The number of hydrazine groups is 1. The first-order chi connectivity index (χ1) is 16.5. The second-order valence-electron chi connectivity index (χ2n) is 8.45. The van der Waals surface area contributed by atoms with Gasteiger partial charge in [0.05, 0.1) is 0 Å². The number of amides is 2. The van der Waals surface area contributed by atoms with Crippen molar-refractivity contribution in [2.24, 2.45) is 0 Å². The second-order valence-corrected chi connectivity index (χ2v) is 8.45. The molecule has 1 fully saturated rings. The highest BCUT2D eigenvalue weighted by Gasteiger charge is 2.47. The highest BCUT2D eigenvalue weighted by atomic mass is 16.2. The summed E-state index contributed by atoms with van der Waals surface area (Å²) in [5.41, 5.74) is 7.53. The number of hydrogen-bond donors (Lipinski definition) is 2. The lowest BCUT2D eigenvalue weighted by molar-refractivity contribution is -0.596. The van der Waals surface area contributed by atoms with Crippen LogP contribution in [-0.4, -0.2) is 41.8 Å². The number of hydrazone groups is 1. The molecule has 0 bridgehead atoms. The van der Waals surface area contributed by atoms with Gasteiger partial charge >= 0.3 is 5.91 Å². The summed E-state index contributed by atoms with van der Waals surface area (Å²) in [6.07, 6.45) is 1.92. The first-order valence-corrected chi connectivity index (χ1v) is 11.7. The number of aryl methyl sites for hydroxylation is 1. The van der Waals surface area contributed by atoms with Gasteiger partial charge in [-0.1, -0.05) is 48.0 Å². The minimum Gasteiger partial charge on any atom is -0.372 e. The molecule has 0 saturated carbocycles. The quantitative estimate of drug-likeness (QED) is 0.532. The van der Waals surface area contributed by atoms with Gasteiger partial charge in [-0.3, -0.25) is 9.59 Å². The number of hydrogen-bond acceptors (Lipinski definition) is 3. The van der Waals surface area contributed by atoms with E-state index in [1.807, 2.05) is 73.8 Å². The molecule has 2 N–H and O–H groups in total. The third-order valence-electron chi connectivity index (χ3n) is 6.15. The fraction of sp³-hybridized carbons (Fsp3) is 0.250. The maximum Gasteiger partial charge on any atom is 0.304 e. The Kier molecular flexibility index (Phi) is 7.07. The van der Waals surface area contributed by atoms with E-state index in [1.54, 1.807) is 10.8 Å². The van der Waals surface area contributed by atoms with Crippen molar-refractivity contribution in [3.8, 4) is 0 Å². The molecule has 1 aliphatic heterocycles. The summed E-state index contributed by atoms with van der Waals surface area (Å²) in [6.45, 7) is 8.10. The molecule has 1 heterocycles. The SMILES string of the molecule is CCN(CC)c1ccc(/C=[N+]2\NC(=O)[C@@H](NC(=O)c3cccc(C)c3)[C@H]2c2ccccc2)cc1. The molecular weight excluding hydrogens is 424 g/mol. The third-order valence-corrected chi connectivity index (χ3v) is 6.15. The molecule has 34 heavy (non-hydrogen) atoms. The van der Waals surface area contributed by atoms with Gasteiger partial charge in [-0.2, -0.15) is 0 Å². The van der Waals surface area contributed by atoms with Gasteiger partial charge in [-0.05, 0) is 57.2 Å². The van der Waals surface area contributed by atoms with Crippen molar-refractivity contribution >= 4 is 23.7 Å². The first kappa shape index (κ1) is 23.2. The van der Waals surface area contributed by atoms with Crippen LogP contribution >= 0.6 is 0 Å². The number of carbonyl (C=O) groups is 2. The average molecular weight is 456 g/mol. The molecule has 1 saturated heterocycles. The summed E-state index contributed by atoms with van der Waals surface area (Å²) in [5.74, 6) is -0.513. The smallest absolute Gasteiger partial charge is 0.304 e. The zero-order valence-corrected chi connectivity index (χ0v) is 19.9. The van der Waals surface area contributed by atoms with E-state index >= 15 is 0 Å². The van der Waals surface area contributed by atoms with Gasteiger partial charge < -0.3 is 10.2 Å². The van der Waals surface area contributed by atoms with Crippen LogP contribution in [0.2, 0.25) is 0 Å². The summed E-state index contributed by atoms with van der Waals surface area (Å²) in [5, 5.41) is 2.96. The molecule has 0 unspecified atom stereocenters. The van der Waals surface area contributed by atoms with E-state index in [4.69, 9.17) is 0 Å². The molecule has 4 rings (SSSR count). The molecule has 0 spiro atoms. The van der Waals surface area contributed by atoms with Crippen LogP contribution in [0.3, 0.4) is 0 Å². The van der Waals surface area contributed by atoms with E-state index in [0.717, 1.165) is 35.5 Å². The Hall–Kier alpha value is -3.93. The lowest BCUT2D eigenvalue weighted by Crippen LogP contribution is -2.42. The largest absolute Gasteiger partial charge is 0.372 e. The van der Waals surface area contributed by atoms with Crippen LogP contribution < -0.4 is 15.6 Å². The van der Waals surface area contributed by atoms with Crippen LogP contribution in [0.15, 0.2) is 78.9 Å². The van der Waals surface area contributed by atoms with Gasteiger partial charge in [0.25, 0.3) is 5.91 Å². The van der Waals surface area contributed by atoms with Crippen molar-refractivity contribution in [1.29, 1.82) is 0 Å². The standard InChI is InChI=1S/C28H30N4O2/c1-4-31(5-2)24-16-14-21(15-17-24)19-32-26(22-11-7-6-8-12-22)25(28(34)30-32)29-27(33)23-13-9-10-20(3)18-23/h6-19,25-26H,4-5H2,1-3H3,(H-,29,30,33,34)/p+1/t25-,26+/m0/s1. The molecule has 3 aromatic rings. The Labute approximate surface area is 200 Å². The van der Waals surface area contributed by atoms with Crippen molar-refractivity contribution in [1.82, 2.24) is 10.7 Å². The lowest BCUT2D eigenvalue weighted by atomic mass is 9.99. The van der Waals surface area contributed by atoms with E-state index in [-0.39, 0.29) is 17.9 Å². The molecule has 6 heteroatoms. The fourth-order valence-corrected chi connectivity index (χ4v) is 4.36.